The van der Waals surface area contributed by atoms with Gasteiger partial charge in [-0.15, -0.1) is 0 Å². The van der Waals surface area contributed by atoms with Crippen molar-refractivity contribution in [2.75, 3.05) is 19.0 Å². The van der Waals surface area contributed by atoms with Gasteiger partial charge in [0, 0.05) is 30.7 Å². The first-order valence-corrected chi connectivity index (χ1v) is 10.3. The average Bonchev–Trinajstić information content (AvgIpc) is 2.94. The number of methoxy groups -OCH3 is 1. The fourth-order valence-electron chi connectivity index (χ4n) is 3.70. The summed E-state index contributed by atoms with van der Waals surface area (Å²) in [7, 11) is 2.81. The summed E-state index contributed by atoms with van der Waals surface area (Å²) in [5.74, 6) is -1.85. The Balaban J connectivity index is 1.74. The van der Waals surface area contributed by atoms with E-state index in [-0.39, 0.29) is 17.6 Å². The van der Waals surface area contributed by atoms with Crippen LogP contribution in [-0.4, -0.2) is 52.2 Å². The topological polar surface area (TPSA) is 93.5 Å². The maximum Gasteiger partial charge on any atom is 0.356 e. The third kappa shape index (κ3) is 4.99. The van der Waals surface area contributed by atoms with E-state index in [0.717, 1.165) is 31.2 Å². The molecule has 9 heteroatoms. The van der Waals surface area contributed by atoms with Gasteiger partial charge in [0.1, 0.15) is 5.69 Å². The minimum atomic E-state index is -0.782. The molecule has 1 aromatic carbocycles. The lowest BCUT2D eigenvalue weighted by Gasteiger charge is -2.29. The number of esters is 1. The van der Waals surface area contributed by atoms with Gasteiger partial charge in [0.2, 0.25) is 0 Å². The van der Waals surface area contributed by atoms with E-state index in [1.165, 1.54) is 17.9 Å². The van der Waals surface area contributed by atoms with E-state index in [1.54, 1.807) is 11.9 Å². The molecule has 1 aliphatic heterocycles. The van der Waals surface area contributed by atoms with Crippen molar-refractivity contribution in [1.82, 2.24) is 14.7 Å². The van der Waals surface area contributed by atoms with E-state index in [1.807, 2.05) is 24.3 Å². The minimum Gasteiger partial charge on any atom is -0.464 e. The molecule has 0 aliphatic carbocycles. The van der Waals surface area contributed by atoms with Crippen LogP contribution >= 0.6 is 11.6 Å². The van der Waals surface area contributed by atoms with Crippen molar-refractivity contribution >= 4 is 35.2 Å². The Morgan fingerprint density at radius 2 is 2.00 bits per heavy atom. The molecular formula is C21H25ClN4O4. The predicted molar refractivity (Wildman–Crippen MR) is 112 cm³/mol. The highest BCUT2D eigenvalue weighted by Crippen LogP contribution is 2.24. The molecule has 1 fully saturated rings. The lowest BCUT2D eigenvalue weighted by atomic mass is 10.0. The van der Waals surface area contributed by atoms with Gasteiger partial charge >= 0.3 is 17.8 Å². The Kier molecular flexibility index (Phi) is 7.10. The molecule has 3 rings (SSSR count). The van der Waals surface area contributed by atoms with Crippen molar-refractivity contribution in [3.8, 4) is 0 Å². The zero-order chi connectivity index (χ0) is 21.7. The third-order valence-electron chi connectivity index (χ3n) is 5.26. The summed E-state index contributed by atoms with van der Waals surface area (Å²) in [5.41, 5.74) is 1.13. The van der Waals surface area contributed by atoms with Crippen LogP contribution in [0.25, 0.3) is 0 Å². The number of carbonyl (C=O) groups is 3. The van der Waals surface area contributed by atoms with E-state index in [9.17, 15) is 14.4 Å². The van der Waals surface area contributed by atoms with Crippen molar-refractivity contribution in [3.63, 3.8) is 0 Å². The number of ether oxygens (including phenoxy) is 1. The van der Waals surface area contributed by atoms with Crippen molar-refractivity contribution in [3.05, 3.63) is 46.6 Å². The van der Waals surface area contributed by atoms with Crippen LogP contribution in [-0.2, 0) is 27.8 Å². The van der Waals surface area contributed by atoms with Crippen LogP contribution in [0.3, 0.4) is 0 Å². The van der Waals surface area contributed by atoms with E-state index >= 15 is 0 Å². The molecule has 1 aromatic heterocycles. The van der Waals surface area contributed by atoms with Gasteiger partial charge in [-0.05, 0) is 30.9 Å². The normalized spacial score (nSPS) is 16.6. The van der Waals surface area contributed by atoms with Gasteiger partial charge in [0.25, 0.3) is 0 Å². The minimum absolute atomic E-state index is 0.111. The number of halogens is 1. The maximum absolute atomic E-state index is 13.0. The number of carbonyl (C=O) groups excluding carboxylic acids is 3. The molecule has 2 heterocycles. The molecule has 2 amide bonds. The van der Waals surface area contributed by atoms with Crippen LogP contribution in [0.15, 0.2) is 30.3 Å². The second-order valence-corrected chi connectivity index (χ2v) is 7.69. The largest absolute Gasteiger partial charge is 0.464 e. The van der Waals surface area contributed by atoms with Gasteiger partial charge in [-0.2, -0.15) is 5.10 Å². The molecule has 2 aromatic rings. The molecule has 1 N–H and O–H groups in total. The lowest BCUT2D eigenvalue weighted by Crippen LogP contribution is -2.46. The second kappa shape index (κ2) is 9.75. The van der Waals surface area contributed by atoms with Crippen LogP contribution in [0.5, 0.6) is 0 Å². The molecule has 0 bridgehead atoms. The number of aryl methyl sites for hydroxylation is 1. The Morgan fingerprint density at radius 1 is 1.23 bits per heavy atom. The zero-order valence-electron chi connectivity index (χ0n) is 17.1. The molecule has 0 saturated carbocycles. The number of nitrogens with zero attached hydrogens (tertiary/aromatic N) is 3. The highest BCUT2D eigenvalue weighted by Gasteiger charge is 2.31. The predicted octanol–water partition coefficient (Wildman–Crippen LogP) is 2.81. The molecule has 0 spiro atoms. The molecule has 1 unspecified atom stereocenters. The third-order valence-corrected chi connectivity index (χ3v) is 5.63. The molecule has 30 heavy (non-hydrogen) atoms. The summed E-state index contributed by atoms with van der Waals surface area (Å²) in [6, 6.07) is 8.81. The summed E-state index contributed by atoms with van der Waals surface area (Å²) in [6.45, 7) is 0.511. The van der Waals surface area contributed by atoms with Crippen molar-refractivity contribution < 1.29 is 19.1 Å². The summed E-state index contributed by atoms with van der Waals surface area (Å²) in [5, 5.41) is 7.21. The number of amides is 2. The molecule has 8 nitrogen and oxygen atoms in total. The molecular weight excluding hydrogens is 408 g/mol. The van der Waals surface area contributed by atoms with Crippen LogP contribution in [0.2, 0.25) is 5.02 Å². The maximum atomic E-state index is 13.0. The molecule has 160 valence electrons. The Bertz CT molecular complexity index is 943. The smallest absolute Gasteiger partial charge is 0.356 e. The number of hydrogen-bond acceptors (Lipinski definition) is 5. The van der Waals surface area contributed by atoms with E-state index in [0.29, 0.717) is 18.0 Å². The van der Waals surface area contributed by atoms with E-state index in [2.05, 4.69) is 15.2 Å². The van der Waals surface area contributed by atoms with E-state index < -0.39 is 17.8 Å². The monoisotopic (exact) mass is 432 g/mol. The van der Waals surface area contributed by atoms with Crippen molar-refractivity contribution in [2.45, 2.75) is 38.1 Å². The highest BCUT2D eigenvalue weighted by molar-refractivity contribution is 6.39. The number of likely N-dealkylation sites (tertiary alicyclic amines) is 1. The van der Waals surface area contributed by atoms with Gasteiger partial charge in [-0.3, -0.25) is 14.3 Å². The molecule has 1 atom stereocenters. The first-order valence-electron chi connectivity index (χ1n) is 9.88. The average molecular weight is 433 g/mol. The molecule has 1 aliphatic rings. The lowest BCUT2D eigenvalue weighted by molar-refractivity contribution is -0.144. The number of nitrogens with one attached hydrogen (secondary N) is 1. The van der Waals surface area contributed by atoms with Crippen LogP contribution in [0.1, 0.15) is 41.7 Å². The van der Waals surface area contributed by atoms with Crippen molar-refractivity contribution in [1.29, 1.82) is 0 Å². The van der Waals surface area contributed by atoms with Gasteiger partial charge in [0.15, 0.2) is 5.82 Å². The fraction of sp³-hybridized carbons (Fsp3) is 0.429. The van der Waals surface area contributed by atoms with Gasteiger partial charge in [0.05, 0.1) is 7.11 Å². The summed E-state index contributed by atoms with van der Waals surface area (Å²) >= 11 is 6.30. The standard InChI is InChI=1S/C21H25ClN4O4/c1-25-17(21(29)30-2)13-18(24-25)23-19(27)20(28)26-11-7-3-4-9-15(26)12-14-8-5-6-10-16(14)22/h5-6,8,10,13,15H,3-4,7,9,11-12H2,1-2H3,(H,23,24,27). The SMILES string of the molecule is COC(=O)c1cc(NC(=O)C(=O)N2CCCCCC2Cc2ccccc2Cl)nn1C. The number of anilines is 1. The summed E-state index contributed by atoms with van der Waals surface area (Å²) in [4.78, 5) is 39.0. The Labute approximate surface area is 180 Å². The number of rotatable bonds is 4. The second-order valence-electron chi connectivity index (χ2n) is 7.28. The number of benzene rings is 1. The van der Waals surface area contributed by atoms with Crippen LogP contribution in [0, 0.1) is 0 Å². The van der Waals surface area contributed by atoms with Crippen LogP contribution in [0.4, 0.5) is 5.82 Å². The quantitative estimate of drug-likeness (QED) is 0.592. The highest BCUT2D eigenvalue weighted by atomic mass is 35.5. The first kappa shape index (κ1) is 21.8. The van der Waals surface area contributed by atoms with Gasteiger partial charge in [-0.1, -0.05) is 42.6 Å². The van der Waals surface area contributed by atoms with E-state index in [4.69, 9.17) is 11.6 Å². The summed E-state index contributed by atoms with van der Waals surface area (Å²) < 4.78 is 5.96. The van der Waals surface area contributed by atoms with Gasteiger partial charge in [-0.25, -0.2) is 4.79 Å². The number of aromatic nitrogens is 2. The fourth-order valence-corrected chi connectivity index (χ4v) is 3.91. The first-order chi connectivity index (χ1) is 14.4. The Hall–Kier alpha value is -2.87. The van der Waals surface area contributed by atoms with Gasteiger partial charge < -0.3 is 15.0 Å². The zero-order valence-corrected chi connectivity index (χ0v) is 17.8. The summed E-state index contributed by atoms with van der Waals surface area (Å²) in [6.07, 6.45) is 4.24. The molecule has 1 saturated heterocycles. The Morgan fingerprint density at radius 3 is 2.73 bits per heavy atom. The molecule has 0 radical (unpaired) electrons. The number of hydrogen-bond donors (Lipinski definition) is 1. The van der Waals surface area contributed by atoms with Crippen molar-refractivity contribution in [2.24, 2.45) is 7.05 Å². The van der Waals surface area contributed by atoms with Crippen LogP contribution < -0.4 is 5.32 Å².